The van der Waals surface area contributed by atoms with Gasteiger partial charge in [0.05, 0.1) is 18.8 Å². The maximum absolute atomic E-state index is 6.21. The smallest absolute Gasteiger partial charge is 0.184 e. The molecule has 3 aliphatic rings. The van der Waals surface area contributed by atoms with E-state index in [1.165, 1.54) is 32.1 Å². The fourth-order valence-corrected chi connectivity index (χ4v) is 3.12. The second-order valence-electron chi connectivity index (χ2n) is 5.32. The second kappa shape index (κ2) is 5.22. The van der Waals surface area contributed by atoms with Crippen molar-refractivity contribution in [2.45, 2.75) is 69.2 Å². The van der Waals surface area contributed by atoms with E-state index in [1.54, 1.807) is 7.11 Å². The molecule has 1 saturated carbocycles. The van der Waals surface area contributed by atoms with Crippen LogP contribution in [0.2, 0.25) is 0 Å². The molecule has 2 aliphatic heterocycles. The molecule has 98 valence electrons. The van der Waals surface area contributed by atoms with Crippen LogP contribution in [-0.2, 0) is 18.9 Å². The van der Waals surface area contributed by atoms with E-state index in [9.17, 15) is 0 Å². The summed E-state index contributed by atoms with van der Waals surface area (Å²) < 4.78 is 23.0. The molecule has 4 atom stereocenters. The summed E-state index contributed by atoms with van der Waals surface area (Å²) in [6, 6.07) is 0. The van der Waals surface area contributed by atoms with E-state index in [2.05, 4.69) is 0 Å². The van der Waals surface area contributed by atoms with Crippen molar-refractivity contribution >= 4 is 0 Å². The topological polar surface area (TPSA) is 36.9 Å². The van der Waals surface area contributed by atoms with Crippen molar-refractivity contribution in [2.75, 3.05) is 13.7 Å². The Morgan fingerprint density at radius 2 is 1.88 bits per heavy atom. The molecule has 4 nitrogen and oxygen atoms in total. The first kappa shape index (κ1) is 11.9. The van der Waals surface area contributed by atoms with Crippen LogP contribution in [0.5, 0.6) is 0 Å². The van der Waals surface area contributed by atoms with Crippen LogP contribution in [0, 0.1) is 0 Å². The molecule has 17 heavy (non-hydrogen) atoms. The van der Waals surface area contributed by atoms with Gasteiger partial charge in [0.1, 0.15) is 12.2 Å². The second-order valence-corrected chi connectivity index (χ2v) is 5.32. The number of methoxy groups -OCH3 is 1. The zero-order valence-corrected chi connectivity index (χ0v) is 10.5. The highest BCUT2D eigenvalue weighted by molar-refractivity contribution is 4.88. The van der Waals surface area contributed by atoms with Crippen LogP contribution in [-0.4, -0.2) is 44.4 Å². The minimum absolute atomic E-state index is 0.0299. The molecule has 0 unspecified atom stereocenters. The van der Waals surface area contributed by atoms with E-state index >= 15 is 0 Å². The van der Waals surface area contributed by atoms with Gasteiger partial charge in [-0.15, -0.1) is 0 Å². The maximum Gasteiger partial charge on any atom is 0.184 e. The Kier molecular flexibility index (Phi) is 3.66. The molecule has 4 heteroatoms. The van der Waals surface area contributed by atoms with Gasteiger partial charge >= 0.3 is 0 Å². The predicted octanol–water partition coefficient (Wildman–Crippen LogP) is 1.86. The standard InChI is InChI=1S/C13H22O4/c1-14-11-7-10(12-8-15-13(11)17-12)16-9-5-3-2-4-6-9/h9-13H,2-8H2,1H3/t10-,11+,12+,13+/m0/s1. The number of ether oxygens (including phenoxy) is 4. The zero-order chi connectivity index (χ0) is 11.7. The summed E-state index contributed by atoms with van der Waals surface area (Å²) in [6.45, 7) is 0.655. The zero-order valence-electron chi connectivity index (χ0n) is 10.5. The van der Waals surface area contributed by atoms with E-state index in [0.717, 1.165) is 6.42 Å². The summed E-state index contributed by atoms with van der Waals surface area (Å²) in [6.07, 6.45) is 7.82. The van der Waals surface area contributed by atoms with E-state index in [1.807, 2.05) is 0 Å². The minimum Gasteiger partial charge on any atom is -0.376 e. The summed E-state index contributed by atoms with van der Waals surface area (Å²) in [5, 5.41) is 0. The van der Waals surface area contributed by atoms with Gasteiger partial charge in [-0.1, -0.05) is 19.3 Å². The number of fused-ring (bicyclic) bond motifs is 2. The first-order chi connectivity index (χ1) is 8.36. The normalized spacial score (nSPS) is 42.9. The van der Waals surface area contributed by atoms with Crippen molar-refractivity contribution in [2.24, 2.45) is 0 Å². The average molecular weight is 242 g/mol. The minimum atomic E-state index is -0.170. The molecule has 3 fully saturated rings. The predicted molar refractivity (Wildman–Crippen MR) is 61.8 cm³/mol. The van der Waals surface area contributed by atoms with Crippen LogP contribution in [0.3, 0.4) is 0 Å². The van der Waals surface area contributed by atoms with Crippen molar-refractivity contribution in [1.29, 1.82) is 0 Å². The van der Waals surface area contributed by atoms with Crippen LogP contribution in [0.25, 0.3) is 0 Å². The van der Waals surface area contributed by atoms with Gasteiger partial charge in [-0.05, 0) is 12.8 Å². The highest BCUT2D eigenvalue weighted by Gasteiger charge is 2.45. The molecule has 0 amide bonds. The van der Waals surface area contributed by atoms with Gasteiger partial charge in [0, 0.05) is 13.5 Å². The third-order valence-electron chi connectivity index (χ3n) is 4.14. The molecule has 2 bridgehead atoms. The molecular weight excluding hydrogens is 220 g/mol. The van der Waals surface area contributed by atoms with Crippen LogP contribution in [0.4, 0.5) is 0 Å². The first-order valence-corrected chi connectivity index (χ1v) is 6.82. The van der Waals surface area contributed by atoms with Gasteiger partial charge in [0.25, 0.3) is 0 Å². The SMILES string of the molecule is CO[C@@H]1C[C@H](OC2CCCCC2)[C@H]2CO[C@@H]1O2. The molecule has 2 saturated heterocycles. The summed E-state index contributed by atoms with van der Waals surface area (Å²) in [7, 11) is 1.72. The maximum atomic E-state index is 6.21. The third-order valence-corrected chi connectivity index (χ3v) is 4.14. The number of hydrogen-bond donors (Lipinski definition) is 0. The Labute approximate surface area is 103 Å². The van der Waals surface area contributed by atoms with Gasteiger partial charge < -0.3 is 18.9 Å². The summed E-state index contributed by atoms with van der Waals surface area (Å²) >= 11 is 0. The Balaban J connectivity index is 1.58. The largest absolute Gasteiger partial charge is 0.376 e. The molecule has 3 rings (SSSR count). The molecule has 0 aromatic rings. The average Bonchev–Trinajstić information content (AvgIpc) is 2.79. The molecule has 0 aromatic heterocycles. The lowest BCUT2D eigenvalue weighted by atomic mass is 9.96. The van der Waals surface area contributed by atoms with Crippen LogP contribution >= 0.6 is 0 Å². The van der Waals surface area contributed by atoms with Crippen LogP contribution in [0.15, 0.2) is 0 Å². The Hall–Kier alpha value is -0.160. The number of rotatable bonds is 3. The van der Waals surface area contributed by atoms with E-state index in [-0.39, 0.29) is 24.6 Å². The summed E-state index contributed by atoms with van der Waals surface area (Å²) in [5.74, 6) is 0. The fraction of sp³-hybridized carbons (Fsp3) is 1.00. The lowest BCUT2D eigenvalue weighted by molar-refractivity contribution is -0.208. The van der Waals surface area contributed by atoms with Gasteiger partial charge in [-0.25, -0.2) is 0 Å². The summed E-state index contributed by atoms with van der Waals surface area (Å²) in [5.41, 5.74) is 0. The van der Waals surface area contributed by atoms with Crippen molar-refractivity contribution in [3.8, 4) is 0 Å². The molecule has 0 spiro atoms. The van der Waals surface area contributed by atoms with E-state index in [4.69, 9.17) is 18.9 Å². The van der Waals surface area contributed by atoms with Crippen LogP contribution < -0.4 is 0 Å². The fourth-order valence-electron chi connectivity index (χ4n) is 3.12. The highest BCUT2D eigenvalue weighted by atomic mass is 16.8. The lowest BCUT2D eigenvalue weighted by Gasteiger charge is -2.35. The first-order valence-electron chi connectivity index (χ1n) is 6.82. The monoisotopic (exact) mass is 242 g/mol. The van der Waals surface area contributed by atoms with Gasteiger partial charge in [-0.3, -0.25) is 0 Å². The molecule has 0 N–H and O–H groups in total. The molecule has 0 radical (unpaired) electrons. The van der Waals surface area contributed by atoms with Gasteiger partial charge in [0.2, 0.25) is 0 Å². The summed E-state index contributed by atoms with van der Waals surface area (Å²) in [4.78, 5) is 0. The van der Waals surface area contributed by atoms with E-state index in [0.29, 0.717) is 12.7 Å². The highest BCUT2D eigenvalue weighted by Crippen LogP contribution is 2.33. The lowest BCUT2D eigenvalue weighted by Crippen LogP contribution is -2.45. The van der Waals surface area contributed by atoms with Crippen molar-refractivity contribution in [3.63, 3.8) is 0 Å². The molecule has 2 heterocycles. The molecular formula is C13H22O4. The Morgan fingerprint density at radius 1 is 1.06 bits per heavy atom. The van der Waals surface area contributed by atoms with Crippen molar-refractivity contribution < 1.29 is 18.9 Å². The third kappa shape index (κ3) is 2.50. The molecule has 0 aromatic carbocycles. The van der Waals surface area contributed by atoms with E-state index < -0.39 is 0 Å². The van der Waals surface area contributed by atoms with Gasteiger partial charge in [-0.2, -0.15) is 0 Å². The van der Waals surface area contributed by atoms with Crippen LogP contribution in [0.1, 0.15) is 38.5 Å². The quantitative estimate of drug-likeness (QED) is 0.757. The Bertz CT molecular complexity index is 252. The van der Waals surface area contributed by atoms with Crippen molar-refractivity contribution in [3.05, 3.63) is 0 Å². The number of hydrogen-bond acceptors (Lipinski definition) is 4. The molecule has 1 aliphatic carbocycles. The van der Waals surface area contributed by atoms with Crippen molar-refractivity contribution in [1.82, 2.24) is 0 Å². The Morgan fingerprint density at radius 3 is 2.65 bits per heavy atom. The van der Waals surface area contributed by atoms with Gasteiger partial charge in [0.15, 0.2) is 6.29 Å².